The molecule has 0 amide bonds. The molecule has 0 N–H and O–H groups in total. The lowest BCUT2D eigenvalue weighted by Gasteiger charge is -2.29. The van der Waals surface area contributed by atoms with E-state index in [4.69, 9.17) is 4.74 Å². The highest BCUT2D eigenvalue weighted by atomic mass is 79.9. The molecule has 8 nitrogen and oxygen atoms in total. The van der Waals surface area contributed by atoms with Crippen molar-refractivity contribution in [2.75, 3.05) is 45.9 Å². The third-order valence-electron chi connectivity index (χ3n) is 4.93. The molecule has 2 aliphatic rings. The van der Waals surface area contributed by atoms with Gasteiger partial charge >= 0.3 is 0 Å². The largest absolute Gasteiger partial charge is 0.379 e. The highest BCUT2D eigenvalue weighted by molar-refractivity contribution is 9.10. The Morgan fingerprint density at radius 1 is 1.31 bits per heavy atom. The number of nitro benzene ring substituents is 1. The van der Waals surface area contributed by atoms with Crippen LogP contribution in [-0.2, 0) is 14.8 Å². The Labute approximate surface area is 161 Å². The van der Waals surface area contributed by atoms with Gasteiger partial charge in [0.2, 0.25) is 10.0 Å². The zero-order chi connectivity index (χ0) is 18.9. The number of sulfonamides is 1. The SMILES string of the molecule is Cc1cc(Br)c([N+](=O)[O-])cc1S(=O)(=O)N1CC[C@H](CN2CCOCC2)C1. The molecule has 0 spiro atoms. The van der Waals surface area contributed by atoms with E-state index in [1.165, 1.54) is 10.4 Å². The maximum Gasteiger partial charge on any atom is 0.284 e. The Balaban J connectivity index is 1.76. The third kappa shape index (κ3) is 4.09. The number of ether oxygens (including phenoxy) is 1. The fraction of sp³-hybridized carbons (Fsp3) is 0.625. The van der Waals surface area contributed by atoms with E-state index >= 15 is 0 Å². The molecule has 0 radical (unpaired) electrons. The predicted octanol–water partition coefficient (Wildman–Crippen LogP) is 2.01. The molecule has 26 heavy (non-hydrogen) atoms. The van der Waals surface area contributed by atoms with Gasteiger partial charge in [-0.2, -0.15) is 4.31 Å². The van der Waals surface area contributed by atoms with Crippen LogP contribution >= 0.6 is 15.9 Å². The summed E-state index contributed by atoms with van der Waals surface area (Å²) >= 11 is 3.13. The zero-order valence-electron chi connectivity index (χ0n) is 14.6. The molecule has 2 saturated heterocycles. The van der Waals surface area contributed by atoms with Crippen molar-refractivity contribution in [1.82, 2.24) is 9.21 Å². The van der Waals surface area contributed by atoms with Crippen LogP contribution in [-0.4, -0.2) is 68.5 Å². The molecule has 2 fully saturated rings. The quantitative estimate of drug-likeness (QED) is 0.506. The van der Waals surface area contributed by atoms with Gasteiger partial charge in [-0.25, -0.2) is 8.42 Å². The molecule has 1 aromatic rings. The summed E-state index contributed by atoms with van der Waals surface area (Å²) < 4.78 is 33.2. The second-order valence-electron chi connectivity index (χ2n) is 6.76. The van der Waals surface area contributed by atoms with Gasteiger partial charge in [-0.05, 0) is 46.8 Å². The first-order chi connectivity index (χ1) is 12.3. The summed E-state index contributed by atoms with van der Waals surface area (Å²) in [6, 6.07) is 2.65. The van der Waals surface area contributed by atoms with Gasteiger partial charge in [0.05, 0.1) is 27.5 Å². The zero-order valence-corrected chi connectivity index (χ0v) is 17.0. The van der Waals surface area contributed by atoms with Crippen molar-refractivity contribution in [3.8, 4) is 0 Å². The van der Waals surface area contributed by atoms with Gasteiger partial charge in [0.1, 0.15) is 0 Å². The number of morpholine rings is 1. The van der Waals surface area contributed by atoms with Crippen molar-refractivity contribution in [3.05, 3.63) is 32.3 Å². The van der Waals surface area contributed by atoms with Crippen LogP contribution < -0.4 is 0 Å². The minimum absolute atomic E-state index is 0.0134. The van der Waals surface area contributed by atoms with Crippen LogP contribution in [0.4, 0.5) is 5.69 Å². The van der Waals surface area contributed by atoms with Crippen molar-refractivity contribution in [2.45, 2.75) is 18.2 Å². The van der Waals surface area contributed by atoms with Crippen LogP contribution in [0.1, 0.15) is 12.0 Å². The van der Waals surface area contributed by atoms with E-state index in [-0.39, 0.29) is 21.0 Å². The van der Waals surface area contributed by atoms with Crippen LogP contribution in [0.2, 0.25) is 0 Å². The normalized spacial score (nSPS) is 22.6. The van der Waals surface area contributed by atoms with Gasteiger partial charge in [-0.1, -0.05) is 0 Å². The number of rotatable bonds is 5. The minimum atomic E-state index is -3.75. The topological polar surface area (TPSA) is 93.0 Å². The summed E-state index contributed by atoms with van der Waals surface area (Å²) in [5, 5.41) is 11.2. The molecular formula is C16H22BrN3O5S. The van der Waals surface area contributed by atoms with Crippen molar-refractivity contribution >= 4 is 31.6 Å². The molecule has 0 aliphatic carbocycles. The van der Waals surface area contributed by atoms with Gasteiger partial charge < -0.3 is 4.74 Å². The highest BCUT2D eigenvalue weighted by Gasteiger charge is 2.35. The third-order valence-corrected chi connectivity index (χ3v) is 7.57. The molecular weight excluding hydrogens is 426 g/mol. The smallest absolute Gasteiger partial charge is 0.284 e. The van der Waals surface area contributed by atoms with Crippen molar-refractivity contribution < 1.29 is 18.1 Å². The van der Waals surface area contributed by atoms with Crippen molar-refractivity contribution in [2.24, 2.45) is 5.92 Å². The Morgan fingerprint density at radius 2 is 2.00 bits per heavy atom. The average Bonchev–Trinajstić information content (AvgIpc) is 3.04. The Hall–Kier alpha value is -1.07. The summed E-state index contributed by atoms with van der Waals surface area (Å²) in [5.74, 6) is 0.272. The van der Waals surface area contributed by atoms with Crippen LogP contribution in [0, 0.1) is 23.0 Å². The van der Waals surface area contributed by atoms with Gasteiger partial charge in [0.15, 0.2) is 0 Å². The van der Waals surface area contributed by atoms with E-state index in [0.29, 0.717) is 18.7 Å². The Bertz CT molecular complexity index is 795. The number of hydrogen-bond donors (Lipinski definition) is 0. The number of benzene rings is 1. The summed E-state index contributed by atoms with van der Waals surface area (Å²) in [7, 11) is -3.75. The molecule has 0 aromatic heterocycles. The maximum atomic E-state index is 13.0. The lowest BCUT2D eigenvalue weighted by molar-refractivity contribution is -0.385. The van der Waals surface area contributed by atoms with E-state index in [2.05, 4.69) is 20.8 Å². The fourth-order valence-corrected chi connectivity index (χ4v) is 5.87. The van der Waals surface area contributed by atoms with Crippen LogP contribution in [0.3, 0.4) is 0 Å². The number of halogens is 1. The van der Waals surface area contributed by atoms with Gasteiger partial charge in [-0.15, -0.1) is 0 Å². The van der Waals surface area contributed by atoms with Gasteiger partial charge in [-0.3, -0.25) is 15.0 Å². The maximum absolute atomic E-state index is 13.0. The van der Waals surface area contributed by atoms with E-state index in [9.17, 15) is 18.5 Å². The van der Waals surface area contributed by atoms with Gasteiger partial charge in [0, 0.05) is 38.8 Å². The highest BCUT2D eigenvalue weighted by Crippen LogP contribution is 2.33. The molecule has 144 valence electrons. The van der Waals surface area contributed by atoms with Crippen molar-refractivity contribution in [3.63, 3.8) is 0 Å². The number of nitrogens with zero attached hydrogens (tertiary/aromatic N) is 3. The van der Waals surface area contributed by atoms with E-state index in [1.807, 2.05) is 0 Å². The van der Waals surface area contributed by atoms with E-state index in [0.717, 1.165) is 45.3 Å². The molecule has 10 heteroatoms. The Kier molecular flexibility index (Phi) is 5.97. The van der Waals surface area contributed by atoms with E-state index in [1.54, 1.807) is 6.92 Å². The molecule has 2 heterocycles. The number of aryl methyl sites for hydroxylation is 1. The number of hydrogen-bond acceptors (Lipinski definition) is 6. The molecule has 0 saturated carbocycles. The Morgan fingerprint density at radius 3 is 2.65 bits per heavy atom. The van der Waals surface area contributed by atoms with Crippen molar-refractivity contribution in [1.29, 1.82) is 0 Å². The predicted molar refractivity (Wildman–Crippen MR) is 99.7 cm³/mol. The monoisotopic (exact) mass is 447 g/mol. The molecule has 3 rings (SSSR count). The molecule has 1 atom stereocenters. The molecule has 1 aromatic carbocycles. The summed E-state index contributed by atoms with van der Waals surface area (Å²) in [5.41, 5.74) is 0.261. The first kappa shape index (κ1) is 19.7. The lowest BCUT2D eigenvalue weighted by Crippen LogP contribution is -2.40. The first-order valence-corrected chi connectivity index (χ1v) is 10.8. The summed E-state index contributed by atoms with van der Waals surface area (Å²) in [6.07, 6.45) is 0.800. The second kappa shape index (κ2) is 7.89. The fourth-order valence-electron chi connectivity index (χ4n) is 3.51. The summed E-state index contributed by atoms with van der Waals surface area (Å²) in [4.78, 5) is 12.9. The van der Waals surface area contributed by atoms with E-state index < -0.39 is 14.9 Å². The van der Waals surface area contributed by atoms with Crippen LogP contribution in [0.15, 0.2) is 21.5 Å². The summed E-state index contributed by atoms with van der Waals surface area (Å²) in [6.45, 7) is 6.59. The second-order valence-corrected chi connectivity index (χ2v) is 9.52. The standard InChI is InChI=1S/C16H22BrN3O5S/c1-12-8-14(17)15(20(21)22)9-16(12)26(23,24)19-3-2-13(11-19)10-18-4-6-25-7-5-18/h8-9,13H,2-7,10-11H2,1H3/t13-/m1/s1. The number of nitro groups is 1. The average molecular weight is 448 g/mol. The molecule has 0 unspecified atom stereocenters. The molecule has 0 bridgehead atoms. The first-order valence-electron chi connectivity index (χ1n) is 8.54. The van der Waals surface area contributed by atoms with Crippen LogP contribution in [0.25, 0.3) is 0 Å². The van der Waals surface area contributed by atoms with Crippen LogP contribution in [0.5, 0.6) is 0 Å². The lowest BCUT2D eigenvalue weighted by atomic mass is 10.1. The molecule has 2 aliphatic heterocycles. The minimum Gasteiger partial charge on any atom is -0.379 e. The van der Waals surface area contributed by atoms with Gasteiger partial charge in [0.25, 0.3) is 5.69 Å².